The molecule has 0 aromatic carbocycles. The van der Waals surface area contributed by atoms with Crippen LogP contribution in [0, 0.1) is 0 Å². The van der Waals surface area contributed by atoms with Crippen molar-refractivity contribution in [3.8, 4) is 0 Å². The third-order valence-electron chi connectivity index (χ3n) is 2.90. The molecule has 0 unspecified atom stereocenters. The molecule has 0 saturated heterocycles. The van der Waals surface area contributed by atoms with Crippen LogP contribution in [0.3, 0.4) is 0 Å². The minimum atomic E-state index is -0.152. The standard InChI is InChI=1S/C20H30O2/c1-3-4-5-6-7-8-9-10-11-12-13-14-15-16-17-18-19-20(21)22-2/h4-5,7-8,10-11,13-14,16-17H,3,6,9,12,15,18-19H2,1-2H3/b5-4-,8-7-,11-10-,14-13-,17-16-. The van der Waals surface area contributed by atoms with E-state index in [4.69, 9.17) is 0 Å². The van der Waals surface area contributed by atoms with Crippen molar-refractivity contribution >= 4 is 5.97 Å². The van der Waals surface area contributed by atoms with Gasteiger partial charge < -0.3 is 4.74 Å². The van der Waals surface area contributed by atoms with E-state index < -0.39 is 0 Å². The van der Waals surface area contributed by atoms with Gasteiger partial charge in [0.25, 0.3) is 0 Å². The summed E-state index contributed by atoms with van der Waals surface area (Å²) in [6.07, 6.45) is 27.8. The van der Waals surface area contributed by atoms with E-state index in [2.05, 4.69) is 66.3 Å². The van der Waals surface area contributed by atoms with Crippen molar-refractivity contribution in [2.24, 2.45) is 0 Å². The molecular formula is C20H30O2. The molecule has 0 aliphatic heterocycles. The fourth-order valence-corrected chi connectivity index (χ4v) is 1.67. The maximum absolute atomic E-state index is 10.9. The van der Waals surface area contributed by atoms with E-state index in [-0.39, 0.29) is 5.97 Å². The summed E-state index contributed by atoms with van der Waals surface area (Å²) >= 11 is 0. The van der Waals surface area contributed by atoms with Gasteiger partial charge in [0, 0.05) is 6.42 Å². The number of esters is 1. The van der Waals surface area contributed by atoms with Gasteiger partial charge in [0.1, 0.15) is 0 Å². The molecule has 22 heavy (non-hydrogen) atoms. The summed E-state index contributed by atoms with van der Waals surface area (Å²) in [7, 11) is 1.42. The van der Waals surface area contributed by atoms with E-state index in [0.29, 0.717) is 6.42 Å². The number of rotatable bonds is 12. The van der Waals surface area contributed by atoms with Gasteiger partial charge in [0.05, 0.1) is 7.11 Å². The van der Waals surface area contributed by atoms with Crippen LogP contribution in [-0.2, 0) is 9.53 Å². The maximum Gasteiger partial charge on any atom is 0.305 e. The molecule has 0 rings (SSSR count). The molecule has 0 heterocycles. The Balaban J connectivity index is 3.50. The molecule has 0 aromatic rings. The first-order chi connectivity index (χ1) is 10.8. The Morgan fingerprint density at radius 3 is 1.55 bits per heavy atom. The zero-order valence-electron chi connectivity index (χ0n) is 14.0. The summed E-state index contributed by atoms with van der Waals surface area (Å²) in [4.78, 5) is 10.9. The van der Waals surface area contributed by atoms with Crippen molar-refractivity contribution in [3.05, 3.63) is 60.8 Å². The highest BCUT2D eigenvalue weighted by atomic mass is 16.5. The molecular weight excluding hydrogens is 272 g/mol. The van der Waals surface area contributed by atoms with Gasteiger partial charge in [-0.15, -0.1) is 0 Å². The summed E-state index contributed by atoms with van der Waals surface area (Å²) in [6.45, 7) is 2.15. The number of carbonyl (C=O) groups is 1. The van der Waals surface area contributed by atoms with E-state index in [1.54, 1.807) is 0 Å². The Hall–Kier alpha value is -1.83. The highest BCUT2D eigenvalue weighted by molar-refractivity contribution is 5.69. The number of ether oxygens (including phenoxy) is 1. The highest BCUT2D eigenvalue weighted by Crippen LogP contribution is 1.97. The summed E-state index contributed by atoms with van der Waals surface area (Å²) in [6, 6.07) is 0. The summed E-state index contributed by atoms with van der Waals surface area (Å²) in [5.74, 6) is -0.152. The molecule has 0 saturated carbocycles. The average molecular weight is 302 g/mol. The summed E-state index contributed by atoms with van der Waals surface area (Å²) in [5, 5.41) is 0. The average Bonchev–Trinajstić information content (AvgIpc) is 2.54. The molecule has 0 bridgehead atoms. The van der Waals surface area contributed by atoms with Gasteiger partial charge in [0.15, 0.2) is 0 Å². The second-order valence-electron chi connectivity index (χ2n) is 4.82. The molecule has 2 nitrogen and oxygen atoms in total. The van der Waals surface area contributed by atoms with Gasteiger partial charge in [-0.2, -0.15) is 0 Å². The second-order valence-corrected chi connectivity index (χ2v) is 4.82. The molecule has 0 atom stereocenters. The third-order valence-corrected chi connectivity index (χ3v) is 2.90. The van der Waals surface area contributed by atoms with E-state index in [9.17, 15) is 4.79 Å². The van der Waals surface area contributed by atoms with Crippen LogP contribution in [0.25, 0.3) is 0 Å². The van der Waals surface area contributed by atoms with Gasteiger partial charge in [-0.3, -0.25) is 4.79 Å². The van der Waals surface area contributed by atoms with Crippen LogP contribution in [0.1, 0.15) is 51.9 Å². The van der Waals surface area contributed by atoms with Gasteiger partial charge in [-0.1, -0.05) is 67.7 Å². The molecule has 0 amide bonds. The van der Waals surface area contributed by atoms with E-state index in [1.807, 2.05) is 6.08 Å². The lowest BCUT2D eigenvalue weighted by Gasteiger charge is -1.93. The van der Waals surface area contributed by atoms with Crippen LogP contribution in [0.4, 0.5) is 0 Å². The van der Waals surface area contributed by atoms with Gasteiger partial charge in [-0.05, 0) is 38.5 Å². The Bertz CT molecular complexity index is 398. The van der Waals surface area contributed by atoms with E-state index in [0.717, 1.165) is 38.5 Å². The number of carbonyl (C=O) groups excluding carboxylic acids is 1. The van der Waals surface area contributed by atoms with Crippen molar-refractivity contribution in [1.82, 2.24) is 0 Å². The van der Waals surface area contributed by atoms with E-state index >= 15 is 0 Å². The Morgan fingerprint density at radius 2 is 1.14 bits per heavy atom. The zero-order chi connectivity index (χ0) is 16.3. The molecule has 2 heteroatoms. The normalized spacial score (nSPS) is 12.6. The number of hydrogen-bond donors (Lipinski definition) is 0. The number of allylic oxidation sites excluding steroid dienone is 10. The number of hydrogen-bond acceptors (Lipinski definition) is 2. The first-order valence-electron chi connectivity index (χ1n) is 8.13. The predicted molar refractivity (Wildman–Crippen MR) is 95.7 cm³/mol. The minimum absolute atomic E-state index is 0.152. The van der Waals surface area contributed by atoms with Gasteiger partial charge >= 0.3 is 5.97 Å². The lowest BCUT2D eigenvalue weighted by Crippen LogP contribution is -1.97. The van der Waals surface area contributed by atoms with Crippen molar-refractivity contribution in [1.29, 1.82) is 0 Å². The van der Waals surface area contributed by atoms with Crippen LogP contribution >= 0.6 is 0 Å². The monoisotopic (exact) mass is 302 g/mol. The van der Waals surface area contributed by atoms with Crippen LogP contribution in [0.15, 0.2) is 60.8 Å². The summed E-state index contributed by atoms with van der Waals surface area (Å²) < 4.78 is 4.57. The molecule has 0 N–H and O–H groups in total. The molecule has 122 valence electrons. The third kappa shape index (κ3) is 16.2. The molecule has 0 aliphatic carbocycles. The fourth-order valence-electron chi connectivity index (χ4n) is 1.67. The molecule has 0 aromatic heterocycles. The molecule has 0 fully saturated rings. The van der Waals surface area contributed by atoms with Crippen molar-refractivity contribution < 1.29 is 9.53 Å². The Morgan fingerprint density at radius 1 is 0.727 bits per heavy atom. The topological polar surface area (TPSA) is 26.3 Å². The smallest absolute Gasteiger partial charge is 0.305 e. The predicted octanol–water partition coefficient (Wildman–Crippen LogP) is 5.69. The van der Waals surface area contributed by atoms with Crippen molar-refractivity contribution in [2.45, 2.75) is 51.9 Å². The zero-order valence-corrected chi connectivity index (χ0v) is 14.0. The van der Waals surface area contributed by atoms with Crippen LogP contribution in [0.2, 0.25) is 0 Å². The van der Waals surface area contributed by atoms with Gasteiger partial charge in [0.2, 0.25) is 0 Å². The first kappa shape index (κ1) is 20.2. The second kappa shape index (κ2) is 17.2. The van der Waals surface area contributed by atoms with Crippen molar-refractivity contribution in [2.75, 3.05) is 7.11 Å². The van der Waals surface area contributed by atoms with Crippen molar-refractivity contribution in [3.63, 3.8) is 0 Å². The Kier molecular flexibility index (Phi) is 15.8. The van der Waals surface area contributed by atoms with E-state index in [1.165, 1.54) is 7.11 Å². The highest BCUT2D eigenvalue weighted by Gasteiger charge is 1.94. The largest absolute Gasteiger partial charge is 0.469 e. The molecule has 0 spiro atoms. The lowest BCUT2D eigenvalue weighted by molar-refractivity contribution is -0.140. The quantitative estimate of drug-likeness (QED) is 0.342. The molecule has 0 aliphatic rings. The van der Waals surface area contributed by atoms with Crippen LogP contribution in [-0.4, -0.2) is 13.1 Å². The van der Waals surface area contributed by atoms with Gasteiger partial charge in [-0.25, -0.2) is 0 Å². The number of methoxy groups -OCH3 is 1. The van der Waals surface area contributed by atoms with Crippen LogP contribution in [0.5, 0.6) is 0 Å². The SMILES string of the molecule is CC/C=C\C/C=C\C/C=C\C/C=C\C/C=C\CCC(=O)OC. The Labute approximate surface area is 136 Å². The minimum Gasteiger partial charge on any atom is -0.469 e. The fraction of sp³-hybridized carbons (Fsp3) is 0.450. The maximum atomic E-state index is 10.9. The molecule has 0 radical (unpaired) electrons. The first-order valence-corrected chi connectivity index (χ1v) is 8.13. The summed E-state index contributed by atoms with van der Waals surface area (Å²) in [5.41, 5.74) is 0. The lowest BCUT2D eigenvalue weighted by atomic mass is 10.2. The van der Waals surface area contributed by atoms with Crippen LogP contribution < -0.4 is 0 Å².